The van der Waals surface area contributed by atoms with Crippen LogP contribution in [0.4, 0.5) is 0 Å². The predicted molar refractivity (Wildman–Crippen MR) is 85.8 cm³/mol. The zero-order valence-corrected chi connectivity index (χ0v) is 14.1. The highest BCUT2D eigenvalue weighted by Crippen LogP contribution is 2.14. The Bertz CT molecular complexity index is 234. The highest BCUT2D eigenvalue weighted by molar-refractivity contribution is 4.74. The number of nitrogens with one attached hydrogen (secondary N) is 1. The van der Waals surface area contributed by atoms with Gasteiger partial charge in [0.1, 0.15) is 0 Å². The first-order chi connectivity index (χ1) is 10.2. The second-order valence-corrected chi connectivity index (χ2v) is 6.00. The molecule has 5 heteroatoms. The molecule has 0 bridgehead atoms. The van der Waals surface area contributed by atoms with Gasteiger partial charge in [-0.2, -0.15) is 0 Å². The van der Waals surface area contributed by atoms with E-state index in [1.807, 2.05) is 0 Å². The normalized spacial score (nSPS) is 17.0. The van der Waals surface area contributed by atoms with Crippen molar-refractivity contribution in [3.63, 3.8) is 0 Å². The van der Waals surface area contributed by atoms with Gasteiger partial charge in [0.25, 0.3) is 0 Å². The second-order valence-electron chi connectivity index (χ2n) is 6.00. The van der Waals surface area contributed by atoms with E-state index >= 15 is 0 Å². The zero-order valence-electron chi connectivity index (χ0n) is 14.1. The van der Waals surface area contributed by atoms with Crippen LogP contribution in [0.2, 0.25) is 0 Å². The first-order valence-corrected chi connectivity index (χ1v) is 8.33. The highest BCUT2D eigenvalue weighted by Gasteiger charge is 2.18. The highest BCUT2D eigenvalue weighted by atomic mass is 16.5. The Balaban J connectivity index is 2.05. The van der Waals surface area contributed by atoms with Crippen molar-refractivity contribution in [2.24, 2.45) is 5.92 Å². The van der Waals surface area contributed by atoms with Crippen LogP contribution in [0.5, 0.6) is 0 Å². The van der Waals surface area contributed by atoms with Gasteiger partial charge >= 0.3 is 0 Å². The van der Waals surface area contributed by atoms with Gasteiger partial charge in [-0.25, -0.2) is 0 Å². The summed E-state index contributed by atoms with van der Waals surface area (Å²) >= 11 is 0. The van der Waals surface area contributed by atoms with Crippen LogP contribution in [0.25, 0.3) is 0 Å². The first kappa shape index (κ1) is 18.8. The van der Waals surface area contributed by atoms with Crippen LogP contribution in [-0.2, 0) is 14.2 Å². The Labute approximate surface area is 130 Å². The van der Waals surface area contributed by atoms with Crippen LogP contribution < -0.4 is 5.32 Å². The van der Waals surface area contributed by atoms with Gasteiger partial charge in [0.05, 0.1) is 33.0 Å². The molecule has 0 aliphatic carbocycles. The molecule has 0 aromatic carbocycles. The maximum atomic E-state index is 5.66. The average Bonchev–Trinajstić information content (AvgIpc) is 2.49. The van der Waals surface area contributed by atoms with E-state index in [0.29, 0.717) is 32.5 Å². The molecule has 1 rings (SSSR count). The molecule has 0 spiro atoms. The molecule has 1 N–H and O–H groups in total. The Kier molecular flexibility index (Phi) is 11.1. The molecule has 1 fully saturated rings. The largest absolute Gasteiger partial charge is 0.382 e. The number of piperidine rings is 1. The van der Waals surface area contributed by atoms with Gasteiger partial charge in [-0.05, 0) is 45.7 Å². The molecule has 1 aliphatic rings. The molecule has 1 heterocycles. The first-order valence-electron chi connectivity index (χ1n) is 8.33. The lowest BCUT2D eigenvalue weighted by molar-refractivity contribution is 0.0158. The van der Waals surface area contributed by atoms with Crippen molar-refractivity contribution in [2.75, 3.05) is 66.3 Å². The van der Waals surface area contributed by atoms with Gasteiger partial charge in [0.2, 0.25) is 0 Å². The summed E-state index contributed by atoms with van der Waals surface area (Å²) in [5.74, 6) is 0.839. The molecule has 0 aromatic heterocycles. The van der Waals surface area contributed by atoms with E-state index in [0.717, 1.165) is 19.1 Å². The van der Waals surface area contributed by atoms with Gasteiger partial charge in [-0.1, -0.05) is 0 Å². The summed E-state index contributed by atoms with van der Waals surface area (Å²) in [6, 6.07) is 0.585. The molecular formula is C16H34N2O3. The number of ether oxygens (including phenoxy) is 3. The molecule has 0 radical (unpaired) electrons. The van der Waals surface area contributed by atoms with Crippen molar-refractivity contribution in [1.82, 2.24) is 10.2 Å². The van der Waals surface area contributed by atoms with Gasteiger partial charge < -0.3 is 19.5 Å². The van der Waals surface area contributed by atoms with E-state index in [1.165, 1.54) is 32.5 Å². The number of methoxy groups -OCH3 is 1. The molecule has 126 valence electrons. The van der Waals surface area contributed by atoms with Crippen molar-refractivity contribution < 1.29 is 14.2 Å². The second kappa shape index (κ2) is 12.4. The van der Waals surface area contributed by atoms with Crippen molar-refractivity contribution in [2.45, 2.75) is 32.7 Å². The Hall–Kier alpha value is -0.200. The zero-order chi connectivity index (χ0) is 15.3. The van der Waals surface area contributed by atoms with Gasteiger partial charge in [-0.3, -0.25) is 4.90 Å². The van der Waals surface area contributed by atoms with E-state index in [1.54, 1.807) is 7.11 Å². The number of nitrogens with zero attached hydrogens (tertiary/aromatic N) is 1. The van der Waals surface area contributed by atoms with Gasteiger partial charge in [-0.15, -0.1) is 0 Å². The molecule has 1 aliphatic heterocycles. The van der Waals surface area contributed by atoms with E-state index in [-0.39, 0.29) is 0 Å². The third-order valence-corrected chi connectivity index (χ3v) is 4.01. The molecule has 0 unspecified atom stereocenters. The number of rotatable bonds is 12. The Morgan fingerprint density at radius 3 is 2.24 bits per heavy atom. The van der Waals surface area contributed by atoms with Crippen LogP contribution in [0, 0.1) is 5.92 Å². The SMILES string of the molecule is COCCOCCOCCN(CC1CCNCC1)C(C)C. The summed E-state index contributed by atoms with van der Waals surface area (Å²) in [6.45, 7) is 12.5. The maximum absolute atomic E-state index is 5.66. The van der Waals surface area contributed by atoms with Crippen LogP contribution in [0.15, 0.2) is 0 Å². The molecule has 5 nitrogen and oxygen atoms in total. The van der Waals surface area contributed by atoms with E-state index in [2.05, 4.69) is 24.1 Å². The fourth-order valence-corrected chi connectivity index (χ4v) is 2.60. The van der Waals surface area contributed by atoms with E-state index in [9.17, 15) is 0 Å². The Morgan fingerprint density at radius 1 is 1.00 bits per heavy atom. The molecule has 21 heavy (non-hydrogen) atoms. The van der Waals surface area contributed by atoms with Crippen LogP contribution >= 0.6 is 0 Å². The summed E-state index contributed by atoms with van der Waals surface area (Å²) in [6.07, 6.45) is 2.61. The fourth-order valence-electron chi connectivity index (χ4n) is 2.60. The molecular weight excluding hydrogens is 268 g/mol. The van der Waals surface area contributed by atoms with Crippen molar-refractivity contribution in [1.29, 1.82) is 0 Å². The molecule has 0 saturated carbocycles. The molecule has 0 atom stereocenters. The lowest BCUT2D eigenvalue weighted by atomic mass is 9.97. The van der Waals surface area contributed by atoms with Crippen molar-refractivity contribution in [3.8, 4) is 0 Å². The minimum atomic E-state index is 0.585. The van der Waals surface area contributed by atoms with Crippen molar-refractivity contribution >= 4 is 0 Å². The van der Waals surface area contributed by atoms with E-state index in [4.69, 9.17) is 14.2 Å². The van der Waals surface area contributed by atoms with Crippen LogP contribution in [0.3, 0.4) is 0 Å². The minimum Gasteiger partial charge on any atom is -0.382 e. The smallest absolute Gasteiger partial charge is 0.0701 e. The van der Waals surface area contributed by atoms with Crippen LogP contribution in [-0.4, -0.2) is 77.3 Å². The number of hydrogen-bond acceptors (Lipinski definition) is 5. The monoisotopic (exact) mass is 302 g/mol. The lowest BCUT2D eigenvalue weighted by Gasteiger charge is -2.32. The van der Waals surface area contributed by atoms with Crippen molar-refractivity contribution in [3.05, 3.63) is 0 Å². The van der Waals surface area contributed by atoms with Gasteiger partial charge in [0, 0.05) is 26.2 Å². The Morgan fingerprint density at radius 2 is 1.62 bits per heavy atom. The summed E-state index contributed by atoms with van der Waals surface area (Å²) in [4.78, 5) is 2.54. The average molecular weight is 302 g/mol. The quantitative estimate of drug-likeness (QED) is 0.552. The summed E-state index contributed by atoms with van der Waals surface area (Å²) in [5.41, 5.74) is 0. The fraction of sp³-hybridized carbons (Fsp3) is 1.00. The van der Waals surface area contributed by atoms with Gasteiger partial charge in [0.15, 0.2) is 0 Å². The summed E-state index contributed by atoms with van der Waals surface area (Å²) in [7, 11) is 1.68. The molecule has 0 aromatic rings. The topological polar surface area (TPSA) is 43.0 Å². The van der Waals surface area contributed by atoms with E-state index < -0.39 is 0 Å². The lowest BCUT2D eigenvalue weighted by Crippen LogP contribution is -2.41. The summed E-state index contributed by atoms with van der Waals surface area (Å²) < 4.78 is 16.0. The van der Waals surface area contributed by atoms with Crippen LogP contribution in [0.1, 0.15) is 26.7 Å². The molecule has 0 amide bonds. The number of hydrogen-bond donors (Lipinski definition) is 1. The third kappa shape index (κ3) is 9.42. The maximum Gasteiger partial charge on any atom is 0.0701 e. The third-order valence-electron chi connectivity index (χ3n) is 4.01. The minimum absolute atomic E-state index is 0.585. The standard InChI is InChI=1S/C16H34N2O3/c1-15(2)18(14-16-4-6-17-7-5-16)8-9-20-12-13-21-11-10-19-3/h15-17H,4-14H2,1-3H3. The summed E-state index contributed by atoms with van der Waals surface area (Å²) in [5, 5.41) is 3.43. The predicted octanol–water partition coefficient (Wildman–Crippen LogP) is 1.38. The molecule has 1 saturated heterocycles.